The van der Waals surface area contributed by atoms with Crippen LogP contribution in [0.25, 0.3) is 0 Å². The molecule has 0 amide bonds. The van der Waals surface area contributed by atoms with E-state index in [9.17, 15) is 4.79 Å². The van der Waals surface area contributed by atoms with Gasteiger partial charge in [0.15, 0.2) is 0 Å². The van der Waals surface area contributed by atoms with Crippen molar-refractivity contribution in [3.63, 3.8) is 0 Å². The number of ether oxygens (including phenoxy) is 1. The topological polar surface area (TPSA) is 26.3 Å². The Hall–Kier alpha value is -1.31. The van der Waals surface area contributed by atoms with E-state index in [1.165, 1.54) is 51.2 Å². The number of carbonyl (C=O) groups excluding carboxylic acids is 1. The Kier molecular flexibility index (Phi) is 7.24. The number of rotatable bonds is 8. The highest BCUT2D eigenvalue weighted by Gasteiger charge is 2.11. The van der Waals surface area contributed by atoms with E-state index < -0.39 is 0 Å². The first-order chi connectivity index (χ1) is 9.20. The fourth-order valence-corrected chi connectivity index (χ4v) is 2.38. The van der Waals surface area contributed by atoms with Crippen LogP contribution in [0.3, 0.4) is 0 Å². The molecule has 1 rings (SSSR count). The van der Waals surface area contributed by atoms with Crippen LogP contribution >= 0.6 is 0 Å². The molecular weight excluding hydrogens is 236 g/mol. The number of carbonyl (C=O) groups is 1. The van der Waals surface area contributed by atoms with Gasteiger partial charge in [-0.2, -0.15) is 0 Å². The number of aryl methyl sites for hydroxylation is 1. The first-order valence-corrected chi connectivity index (χ1v) is 7.37. The van der Waals surface area contributed by atoms with Crippen molar-refractivity contribution in [1.29, 1.82) is 0 Å². The zero-order valence-electron chi connectivity index (χ0n) is 12.5. The summed E-state index contributed by atoms with van der Waals surface area (Å²) < 4.78 is 4.80. The molecule has 1 aromatic rings. The maximum Gasteiger partial charge on any atom is 0.338 e. The summed E-state index contributed by atoms with van der Waals surface area (Å²) in [5.74, 6) is -0.234. The first kappa shape index (κ1) is 15.7. The van der Waals surface area contributed by atoms with Crippen molar-refractivity contribution in [3.05, 3.63) is 34.9 Å². The number of benzene rings is 1. The molecule has 0 N–H and O–H groups in total. The maximum absolute atomic E-state index is 11.6. The summed E-state index contributed by atoms with van der Waals surface area (Å²) in [5, 5.41) is 0. The van der Waals surface area contributed by atoms with Crippen molar-refractivity contribution in [3.8, 4) is 0 Å². The summed E-state index contributed by atoms with van der Waals surface area (Å²) in [4.78, 5) is 11.6. The summed E-state index contributed by atoms with van der Waals surface area (Å²) >= 11 is 0. The van der Waals surface area contributed by atoms with Gasteiger partial charge in [-0.05, 0) is 37.0 Å². The predicted octanol–water partition coefficient (Wildman–Crippen LogP) is 4.68. The Morgan fingerprint density at radius 1 is 1.11 bits per heavy atom. The Morgan fingerprint density at radius 2 is 1.79 bits per heavy atom. The highest BCUT2D eigenvalue weighted by molar-refractivity contribution is 5.91. The predicted molar refractivity (Wildman–Crippen MR) is 79.6 cm³/mol. The SMILES string of the molecule is CCCCCCCCc1cccc(C(=O)OC)c1C. The van der Waals surface area contributed by atoms with Gasteiger partial charge in [0.05, 0.1) is 12.7 Å². The summed E-state index contributed by atoms with van der Waals surface area (Å²) in [6.45, 7) is 4.25. The van der Waals surface area contributed by atoms with Crippen LogP contribution in [-0.2, 0) is 11.2 Å². The van der Waals surface area contributed by atoms with Gasteiger partial charge in [0.2, 0.25) is 0 Å². The van der Waals surface area contributed by atoms with Gasteiger partial charge in [0, 0.05) is 0 Å². The number of esters is 1. The average molecular weight is 262 g/mol. The molecule has 19 heavy (non-hydrogen) atoms. The maximum atomic E-state index is 11.6. The highest BCUT2D eigenvalue weighted by atomic mass is 16.5. The van der Waals surface area contributed by atoms with Crippen LogP contribution in [0.5, 0.6) is 0 Å². The van der Waals surface area contributed by atoms with Crippen LogP contribution < -0.4 is 0 Å². The Morgan fingerprint density at radius 3 is 2.47 bits per heavy atom. The first-order valence-electron chi connectivity index (χ1n) is 7.37. The molecule has 0 aliphatic carbocycles. The molecule has 0 spiro atoms. The molecule has 0 bridgehead atoms. The molecule has 106 valence electrons. The molecule has 0 radical (unpaired) electrons. The largest absolute Gasteiger partial charge is 0.465 e. The van der Waals surface area contributed by atoms with Gasteiger partial charge >= 0.3 is 5.97 Å². The zero-order valence-corrected chi connectivity index (χ0v) is 12.5. The lowest BCUT2D eigenvalue weighted by molar-refractivity contribution is 0.0600. The second-order valence-corrected chi connectivity index (χ2v) is 5.10. The third kappa shape index (κ3) is 5.06. The summed E-state index contributed by atoms with van der Waals surface area (Å²) in [6, 6.07) is 5.91. The van der Waals surface area contributed by atoms with Gasteiger partial charge < -0.3 is 4.74 Å². The molecule has 0 fully saturated rings. The van der Waals surface area contributed by atoms with Crippen LogP contribution in [0.4, 0.5) is 0 Å². The zero-order chi connectivity index (χ0) is 14.1. The van der Waals surface area contributed by atoms with Gasteiger partial charge in [-0.1, -0.05) is 51.2 Å². The van der Waals surface area contributed by atoms with E-state index in [0.717, 1.165) is 12.0 Å². The van der Waals surface area contributed by atoms with E-state index in [0.29, 0.717) is 5.56 Å². The van der Waals surface area contributed by atoms with Crippen LogP contribution in [0.1, 0.15) is 66.9 Å². The fraction of sp³-hybridized carbons (Fsp3) is 0.588. The fourth-order valence-electron chi connectivity index (χ4n) is 2.38. The Bertz CT molecular complexity index is 396. The molecule has 0 atom stereocenters. The van der Waals surface area contributed by atoms with Crippen molar-refractivity contribution >= 4 is 5.97 Å². The van der Waals surface area contributed by atoms with Gasteiger partial charge in [-0.3, -0.25) is 0 Å². The van der Waals surface area contributed by atoms with Crippen molar-refractivity contribution in [2.24, 2.45) is 0 Å². The molecule has 2 heteroatoms. The third-order valence-corrected chi connectivity index (χ3v) is 3.65. The van der Waals surface area contributed by atoms with Crippen LogP contribution in [0, 0.1) is 6.92 Å². The molecule has 0 unspecified atom stereocenters. The molecule has 0 aliphatic heterocycles. The quantitative estimate of drug-likeness (QED) is 0.502. The number of unbranched alkanes of at least 4 members (excludes halogenated alkanes) is 5. The Labute approximate surface area is 117 Å². The molecule has 1 aromatic carbocycles. The van der Waals surface area contributed by atoms with Crippen molar-refractivity contribution in [2.75, 3.05) is 7.11 Å². The van der Waals surface area contributed by atoms with Crippen LogP contribution in [0.15, 0.2) is 18.2 Å². The molecule has 0 heterocycles. The van der Waals surface area contributed by atoms with E-state index in [4.69, 9.17) is 4.74 Å². The second-order valence-electron chi connectivity index (χ2n) is 5.10. The second kappa shape index (κ2) is 8.73. The van der Waals surface area contributed by atoms with Crippen LogP contribution in [0.2, 0.25) is 0 Å². The highest BCUT2D eigenvalue weighted by Crippen LogP contribution is 2.18. The lowest BCUT2D eigenvalue weighted by Crippen LogP contribution is -2.05. The molecule has 2 nitrogen and oxygen atoms in total. The molecule has 0 aromatic heterocycles. The summed E-state index contributed by atoms with van der Waals surface area (Å²) in [7, 11) is 1.43. The molecular formula is C17H26O2. The van der Waals surface area contributed by atoms with Gasteiger partial charge in [0.25, 0.3) is 0 Å². The smallest absolute Gasteiger partial charge is 0.338 e. The van der Waals surface area contributed by atoms with Crippen LogP contribution in [-0.4, -0.2) is 13.1 Å². The molecule has 0 saturated heterocycles. The Balaban J connectivity index is 2.48. The normalized spacial score (nSPS) is 10.5. The van der Waals surface area contributed by atoms with Crippen molar-refractivity contribution in [1.82, 2.24) is 0 Å². The minimum atomic E-state index is -0.234. The lowest BCUT2D eigenvalue weighted by Gasteiger charge is -2.09. The van der Waals surface area contributed by atoms with Gasteiger partial charge in [0.1, 0.15) is 0 Å². The average Bonchev–Trinajstić information content (AvgIpc) is 2.43. The van der Waals surface area contributed by atoms with E-state index in [-0.39, 0.29) is 5.97 Å². The lowest BCUT2D eigenvalue weighted by atomic mass is 9.97. The molecule has 0 aliphatic rings. The van der Waals surface area contributed by atoms with Gasteiger partial charge in [-0.15, -0.1) is 0 Å². The van der Waals surface area contributed by atoms with Crippen molar-refractivity contribution in [2.45, 2.75) is 58.8 Å². The van der Waals surface area contributed by atoms with E-state index >= 15 is 0 Å². The van der Waals surface area contributed by atoms with Crippen molar-refractivity contribution < 1.29 is 9.53 Å². The standard InChI is InChI=1S/C17H26O2/c1-4-5-6-7-8-9-11-15-12-10-13-16(14(15)2)17(18)19-3/h10,12-13H,4-9,11H2,1-3H3. The minimum Gasteiger partial charge on any atom is -0.465 e. The van der Waals surface area contributed by atoms with E-state index in [2.05, 4.69) is 13.0 Å². The van der Waals surface area contributed by atoms with Gasteiger partial charge in [-0.25, -0.2) is 4.79 Å². The van der Waals surface area contributed by atoms with E-state index in [1.54, 1.807) is 0 Å². The number of hydrogen-bond donors (Lipinski definition) is 0. The molecule has 0 saturated carbocycles. The van der Waals surface area contributed by atoms with E-state index in [1.807, 2.05) is 19.1 Å². The monoisotopic (exact) mass is 262 g/mol. The number of hydrogen-bond acceptors (Lipinski definition) is 2. The third-order valence-electron chi connectivity index (χ3n) is 3.65. The minimum absolute atomic E-state index is 0.234. The number of methoxy groups -OCH3 is 1. The summed E-state index contributed by atoms with van der Waals surface area (Å²) in [6.07, 6.45) is 8.85. The summed E-state index contributed by atoms with van der Waals surface area (Å²) in [5.41, 5.74) is 3.05.